The SMILES string of the molecule is Cc1c(I)ccc2c1C(=Cc1c[nH]c3c1CCCC3)C(=O)N2. The second kappa shape index (κ2) is 5.26. The normalized spacial score (nSPS) is 18.3. The molecule has 22 heavy (non-hydrogen) atoms. The maximum absolute atomic E-state index is 12.4. The lowest BCUT2D eigenvalue weighted by atomic mass is 9.93. The zero-order chi connectivity index (χ0) is 15.3. The Labute approximate surface area is 143 Å². The van der Waals surface area contributed by atoms with E-state index in [1.807, 2.05) is 6.07 Å². The first-order chi connectivity index (χ1) is 10.6. The number of rotatable bonds is 1. The highest BCUT2D eigenvalue weighted by atomic mass is 127. The molecule has 1 aromatic heterocycles. The number of hydrogen-bond donors (Lipinski definition) is 2. The fourth-order valence-corrected chi connectivity index (χ4v) is 3.95. The van der Waals surface area contributed by atoms with Gasteiger partial charge >= 0.3 is 0 Å². The van der Waals surface area contributed by atoms with E-state index in [-0.39, 0.29) is 5.91 Å². The van der Waals surface area contributed by atoms with Crippen LogP contribution in [0.4, 0.5) is 5.69 Å². The summed E-state index contributed by atoms with van der Waals surface area (Å²) in [5.41, 5.74) is 7.86. The number of H-pyrrole nitrogens is 1. The van der Waals surface area contributed by atoms with Crippen LogP contribution >= 0.6 is 22.6 Å². The quantitative estimate of drug-likeness (QED) is 0.541. The van der Waals surface area contributed by atoms with E-state index in [0.29, 0.717) is 0 Å². The number of carbonyl (C=O) groups is 1. The van der Waals surface area contributed by atoms with E-state index < -0.39 is 0 Å². The maximum atomic E-state index is 12.4. The van der Waals surface area contributed by atoms with Crippen LogP contribution in [0, 0.1) is 10.5 Å². The first-order valence-electron chi connectivity index (χ1n) is 7.67. The molecular weight excluding hydrogens is 387 g/mol. The number of carbonyl (C=O) groups excluding carboxylic acids is 1. The van der Waals surface area contributed by atoms with E-state index >= 15 is 0 Å². The Hall–Kier alpha value is -1.56. The number of aryl methyl sites for hydroxylation is 1. The number of aromatic nitrogens is 1. The lowest BCUT2D eigenvalue weighted by molar-refractivity contribution is -0.110. The minimum Gasteiger partial charge on any atom is -0.364 e. The third-order valence-corrected chi connectivity index (χ3v) is 5.85. The van der Waals surface area contributed by atoms with Gasteiger partial charge in [0.05, 0.1) is 0 Å². The van der Waals surface area contributed by atoms with Gasteiger partial charge < -0.3 is 10.3 Å². The van der Waals surface area contributed by atoms with Crippen LogP contribution < -0.4 is 5.32 Å². The van der Waals surface area contributed by atoms with Gasteiger partial charge in [0.1, 0.15) is 0 Å². The molecule has 0 unspecified atom stereocenters. The molecule has 0 fully saturated rings. The van der Waals surface area contributed by atoms with Crippen molar-refractivity contribution in [3.05, 3.63) is 49.8 Å². The lowest BCUT2D eigenvalue weighted by Crippen LogP contribution is -2.04. The van der Waals surface area contributed by atoms with E-state index in [0.717, 1.165) is 29.7 Å². The molecule has 2 heterocycles. The van der Waals surface area contributed by atoms with Gasteiger partial charge in [-0.1, -0.05) is 0 Å². The molecule has 2 aromatic rings. The van der Waals surface area contributed by atoms with Crippen LogP contribution in [0.15, 0.2) is 18.3 Å². The Balaban J connectivity index is 1.86. The molecule has 4 rings (SSSR count). The molecule has 1 aromatic carbocycles. The van der Waals surface area contributed by atoms with Crippen LogP contribution in [0.5, 0.6) is 0 Å². The van der Waals surface area contributed by atoms with Gasteiger partial charge in [0.25, 0.3) is 5.91 Å². The molecule has 1 aliphatic carbocycles. The average molecular weight is 404 g/mol. The number of anilines is 1. The van der Waals surface area contributed by atoms with Gasteiger partial charge in [-0.05, 0) is 90.1 Å². The first kappa shape index (κ1) is 14.1. The molecule has 0 saturated heterocycles. The number of aromatic amines is 1. The molecule has 112 valence electrons. The van der Waals surface area contributed by atoms with Gasteiger partial charge in [-0.25, -0.2) is 0 Å². The summed E-state index contributed by atoms with van der Waals surface area (Å²) >= 11 is 2.33. The maximum Gasteiger partial charge on any atom is 0.256 e. The zero-order valence-corrected chi connectivity index (χ0v) is 14.6. The molecule has 0 atom stereocenters. The fraction of sp³-hybridized carbons (Fsp3) is 0.278. The van der Waals surface area contributed by atoms with E-state index in [9.17, 15) is 4.79 Å². The molecule has 0 spiro atoms. The summed E-state index contributed by atoms with van der Waals surface area (Å²) in [5.74, 6) is 0.00543. The van der Waals surface area contributed by atoms with Crippen molar-refractivity contribution in [1.82, 2.24) is 4.98 Å². The molecule has 0 radical (unpaired) electrons. The third-order valence-electron chi connectivity index (χ3n) is 4.68. The van der Waals surface area contributed by atoms with Gasteiger partial charge in [0.2, 0.25) is 0 Å². The van der Waals surface area contributed by atoms with Gasteiger partial charge in [-0.2, -0.15) is 0 Å². The predicted molar refractivity (Wildman–Crippen MR) is 97.8 cm³/mol. The van der Waals surface area contributed by atoms with Crippen molar-refractivity contribution in [2.45, 2.75) is 32.6 Å². The Bertz CT molecular complexity index is 817. The first-order valence-corrected chi connectivity index (χ1v) is 8.74. The number of amides is 1. The second-order valence-electron chi connectivity index (χ2n) is 6.02. The fourth-order valence-electron chi connectivity index (χ4n) is 3.50. The largest absolute Gasteiger partial charge is 0.364 e. The Morgan fingerprint density at radius 3 is 2.91 bits per heavy atom. The molecular formula is C18H17IN2O. The molecule has 0 bridgehead atoms. The zero-order valence-electron chi connectivity index (χ0n) is 12.4. The highest BCUT2D eigenvalue weighted by Crippen LogP contribution is 2.38. The summed E-state index contributed by atoms with van der Waals surface area (Å²) < 4.78 is 1.19. The third kappa shape index (κ3) is 2.12. The van der Waals surface area contributed by atoms with Crippen molar-refractivity contribution in [3.63, 3.8) is 0 Å². The summed E-state index contributed by atoms with van der Waals surface area (Å²) in [6, 6.07) is 4.05. The van der Waals surface area contributed by atoms with Crippen molar-refractivity contribution in [2.24, 2.45) is 0 Å². The molecule has 2 aliphatic rings. The number of hydrogen-bond acceptors (Lipinski definition) is 1. The molecule has 1 amide bonds. The number of nitrogens with one attached hydrogen (secondary N) is 2. The Morgan fingerprint density at radius 1 is 1.23 bits per heavy atom. The minimum absolute atomic E-state index is 0.00543. The second-order valence-corrected chi connectivity index (χ2v) is 7.18. The smallest absolute Gasteiger partial charge is 0.256 e. The molecule has 3 nitrogen and oxygen atoms in total. The van der Waals surface area contributed by atoms with Gasteiger partial charge in [-0.3, -0.25) is 4.79 Å². The van der Waals surface area contributed by atoms with Crippen LogP contribution in [0.2, 0.25) is 0 Å². The predicted octanol–water partition coefficient (Wildman–Crippen LogP) is 4.30. The summed E-state index contributed by atoms with van der Waals surface area (Å²) in [4.78, 5) is 15.8. The van der Waals surface area contributed by atoms with Crippen LogP contribution in [0.1, 0.15) is 40.8 Å². The molecule has 0 saturated carbocycles. The Morgan fingerprint density at radius 2 is 2.05 bits per heavy atom. The topological polar surface area (TPSA) is 44.9 Å². The standard InChI is InChI=1S/C18H17IN2O/c1-10-14(19)6-7-16-17(10)13(18(22)21-16)8-11-9-20-15-5-3-2-4-12(11)15/h6-9,20H,2-5H2,1H3,(H,21,22). The van der Waals surface area contributed by atoms with E-state index in [2.05, 4.69) is 58.2 Å². The van der Waals surface area contributed by atoms with Crippen molar-refractivity contribution in [3.8, 4) is 0 Å². The minimum atomic E-state index is 0.00543. The molecule has 2 N–H and O–H groups in total. The van der Waals surface area contributed by atoms with E-state index in [1.165, 1.54) is 38.8 Å². The number of fused-ring (bicyclic) bond motifs is 2. The number of halogens is 1. The molecule has 1 aliphatic heterocycles. The van der Waals surface area contributed by atoms with Crippen molar-refractivity contribution in [1.29, 1.82) is 0 Å². The van der Waals surface area contributed by atoms with Crippen molar-refractivity contribution < 1.29 is 4.79 Å². The van der Waals surface area contributed by atoms with Crippen LogP contribution in [0.3, 0.4) is 0 Å². The summed E-state index contributed by atoms with van der Waals surface area (Å²) in [6.07, 6.45) is 8.84. The average Bonchev–Trinajstić information content (AvgIpc) is 3.06. The van der Waals surface area contributed by atoms with E-state index in [4.69, 9.17) is 0 Å². The summed E-state index contributed by atoms with van der Waals surface area (Å²) in [5, 5.41) is 2.99. The summed E-state index contributed by atoms with van der Waals surface area (Å²) in [6.45, 7) is 2.08. The lowest BCUT2D eigenvalue weighted by Gasteiger charge is -2.11. The highest BCUT2D eigenvalue weighted by Gasteiger charge is 2.27. The van der Waals surface area contributed by atoms with Gasteiger partial charge in [-0.15, -0.1) is 0 Å². The molecule has 4 heteroatoms. The van der Waals surface area contributed by atoms with Crippen molar-refractivity contribution in [2.75, 3.05) is 5.32 Å². The van der Waals surface area contributed by atoms with Crippen LogP contribution in [-0.2, 0) is 17.6 Å². The monoisotopic (exact) mass is 404 g/mol. The van der Waals surface area contributed by atoms with Crippen LogP contribution in [0.25, 0.3) is 11.6 Å². The Kier molecular flexibility index (Phi) is 3.36. The van der Waals surface area contributed by atoms with E-state index in [1.54, 1.807) is 0 Å². The van der Waals surface area contributed by atoms with Gasteiger partial charge in [0, 0.05) is 32.3 Å². The summed E-state index contributed by atoms with van der Waals surface area (Å²) in [7, 11) is 0. The van der Waals surface area contributed by atoms with Gasteiger partial charge in [0.15, 0.2) is 0 Å². The van der Waals surface area contributed by atoms with Crippen LogP contribution in [-0.4, -0.2) is 10.9 Å². The highest BCUT2D eigenvalue weighted by molar-refractivity contribution is 14.1. The number of benzene rings is 1. The van der Waals surface area contributed by atoms with Crippen molar-refractivity contribution >= 4 is 45.8 Å².